The molecular formula is C9H16N4O2S. The van der Waals surface area contributed by atoms with E-state index in [1.807, 2.05) is 0 Å². The SMILES string of the molecule is NCCCN(Cc1cccnc1)S(N)(=O)=O. The zero-order chi connectivity index (χ0) is 12.0. The van der Waals surface area contributed by atoms with Crippen LogP contribution in [0.4, 0.5) is 0 Å². The van der Waals surface area contributed by atoms with Crippen molar-refractivity contribution in [3.8, 4) is 0 Å². The molecule has 1 heterocycles. The summed E-state index contributed by atoms with van der Waals surface area (Å²) in [6.07, 6.45) is 3.82. The molecule has 0 bridgehead atoms. The molecule has 6 nitrogen and oxygen atoms in total. The first-order valence-corrected chi connectivity index (χ1v) is 6.41. The van der Waals surface area contributed by atoms with Gasteiger partial charge in [0.15, 0.2) is 0 Å². The number of pyridine rings is 1. The Morgan fingerprint density at radius 3 is 2.69 bits per heavy atom. The van der Waals surface area contributed by atoms with E-state index >= 15 is 0 Å². The normalized spacial score (nSPS) is 11.9. The van der Waals surface area contributed by atoms with Gasteiger partial charge in [-0.3, -0.25) is 4.98 Å². The molecule has 0 aromatic carbocycles. The summed E-state index contributed by atoms with van der Waals surface area (Å²) in [7, 11) is -3.69. The quantitative estimate of drug-likeness (QED) is 0.700. The van der Waals surface area contributed by atoms with Crippen LogP contribution in [0.1, 0.15) is 12.0 Å². The number of nitrogens with two attached hydrogens (primary N) is 2. The standard InChI is InChI=1S/C9H16N4O2S/c10-4-2-6-13(16(11,14)15)8-9-3-1-5-12-7-9/h1,3,5,7H,2,4,6,8,10H2,(H2,11,14,15). The molecule has 16 heavy (non-hydrogen) atoms. The van der Waals surface area contributed by atoms with Gasteiger partial charge >= 0.3 is 0 Å². The molecule has 0 saturated carbocycles. The molecule has 0 atom stereocenters. The fourth-order valence-corrected chi connectivity index (χ4v) is 1.97. The Morgan fingerprint density at radius 2 is 2.19 bits per heavy atom. The van der Waals surface area contributed by atoms with Crippen molar-refractivity contribution >= 4 is 10.2 Å². The molecule has 0 saturated heterocycles. The van der Waals surface area contributed by atoms with Crippen molar-refractivity contribution in [1.82, 2.24) is 9.29 Å². The Balaban J connectivity index is 2.72. The van der Waals surface area contributed by atoms with Crippen LogP contribution in [-0.2, 0) is 16.8 Å². The molecule has 0 fully saturated rings. The van der Waals surface area contributed by atoms with Crippen LogP contribution in [-0.4, -0.2) is 30.8 Å². The summed E-state index contributed by atoms with van der Waals surface area (Å²) in [6.45, 7) is 0.982. The second-order valence-electron chi connectivity index (χ2n) is 3.38. The Bertz CT molecular complexity index is 407. The van der Waals surface area contributed by atoms with Crippen LogP contribution in [0, 0.1) is 0 Å². The van der Waals surface area contributed by atoms with Crippen LogP contribution >= 0.6 is 0 Å². The predicted octanol–water partition coefficient (Wildman–Crippen LogP) is -0.564. The van der Waals surface area contributed by atoms with Gasteiger partial charge in [0.25, 0.3) is 10.2 Å². The third kappa shape index (κ3) is 4.23. The molecule has 0 aliphatic carbocycles. The lowest BCUT2D eigenvalue weighted by Crippen LogP contribution is -2.37. The van der Waals surface area contributed by atoms with Gasteiger partial charge < -0.3 is 5.73 Å². The Labute approximate surface area is 95.4 Å². The molecule has 0 unspecified atom stereocenters. The molecule has 90 valence electrons. The fourth-order valence-electron chi connectivity index (χ4n) is 1.26. The van der Waals surface area contributed by atoms with Crippen molar-refractivity contribution in [1.29, 1.82) is 0 Å². The van der Waals surface area contributed by atoms with Crippen molar-refractivity contribution in [2.75, 3.05) is 13.1 Å². The lowest BCUT2D eigenvalue weighted by molar-refractivity contribution is 0.402. The van der Waals surface area contributed by atoms with Crippen LogP contribution in [0.15, 0.2) is 24.5 Å². The molecule has 0 spiro atoms. The monoisotopic (exact) mass is 244 g/mol. The van der Waals surface area contributed by atoms with Crippen LogP contribution < -0.4 is 10.9 Å². The number of rotatable bonds is 6. The molecule has 0 aliphatic heterocycles. The minimum absolute atomic E-state index is 0.229. The van der Waals surface area contributed by atoms with Gasteiger partial charge in [-0.1, -0.05) is 6.07 Å². The summed E-state index contributed by atoms with van der Waals surface area (Å²) < 4.78 is 23.8. The maximum atomic E-state index is 11.3. The average Bonchev–Trinajstić information content (AvgIpc) is 2.24. The highest BCUT2D eigenvalue weighted by molar-refractivity contribution is 7.86. The van der Waals surface area contributed by atoms with Crippen molar-refractivity contribution in [2.45, 2.75) is 13.0 Å². The number of hydrogen-bond acceptors (Lipinski definition) is 4. The van der Waals surface area contributed by atoms with Gasteiger partial charge in [0.1, 0.15) is 0 Å². The summed E-state index contributed by atoms with van der Waals surface area (Å²) in [5, 5.41) is 5.11. The summed E-state index contributed by atoms with van der Waals surface area (Å²) in [5.74, 6) is 0. The average molecular weight is 244 g/mol. The molecule has 0 aliphatic rings. The smallest absolute Gasteiger partial charge is 0.277 e. The first-order chi connectivity index (χ1) is 7.54. The highest BCUT2D eigenvalue weighted by Gasteiger charge is 2.16. The first-order valence-electron chi connectivity index (χ1n) is 4.91. The number of hydrogen-bond donors (Lipinski definition) is 2. The molecule has 0 amide bonds. The molecule has 7 heteroatoms. The summed E-state index contributed by atoms with van der Waals surface area (Å²) >= 11 is 0. The second-order valence-corrected chi connectivity index (χ2v) is 4.93. The van der Waals surface area contributed by atoms with Crippen molar-refractivity contribution in [2.24, 2.45) is 10.9 Å². The van der Waals surface area contributed by atoms with E-state index in [1.54, 1.807) is 24.5 Å². The predicted molar refractivity (Wildman–Crippen MR) is 61.4 cm³/mol. The maximum Gasteiger partial charge on any atom is 0.277 e. The Kier molecular flexibility index (Phi) is 4.81. The van der Waals surface area contributed by atoms with Crippen molar-refractivity contribution in [3.63, 3.8) is 0 Å². The topological polar surface area (TPSA) is 102 Å². The van der Waals surface area contributed by atoms with Crippen molar-refractivity contribution < 1.29 is 8.42 Å². The van der Waals surface area contributed by atoms with E-state index in [1.165, 1.54) is 4.31 Å². The zero-order valence-corrected chi connectivity index (χ0v) is 9.73. The lowest BCUT2D eigenvalue weighted by atomic mass is 10.3. The molecule has 4 N–H and O–H groups in total. The maximum absolute atomic E-state index is 11.3. The highest BCUT2D eigenvalue weighted by Crippen LogP contribution is 2.06. The first kappa shape index (κ1) is 13.0. The van der Waals surface area contributed by atoms with E-state index in [0.29, 0.717) is 19.5 Å². The molecular weight excluding hydrogens is 228 g/mol. The third-order valence-corrected chi connectivity index (χ3v) is 3.08. The van der Waals surface area contributed by atoms with Gasteiger partial charge in [0, 0.05) is 25.5 Å². The van der Waals surface area contributed by atoms with Gasteiger partial charge in [-0.15, -0.1) is 0 Å². The van der Waals surface area contributed by atoms with E-state index in [9.17, 15) is 8.42 Å². The van der Waals surface area contributed by atoms with Crippen LogP contribution in [0.5, 0.6) is 0 Å². The summed E-state index contributed by atoms with van der Waals surface area (Å²) in [4.78, 5) is 3.91. The molecule has 1 aromatic heterocycles. The van der Waals surface area contributed by atoms with Crippen LogP contribution in [0.25, 0.3) is 0 Å². The van der Waals surface area contributed by atoms with E-state index in [-0.39, 0.29) is 6.54 Å². The van der Waals surface area contributed by atoms with Crippen LogP contribution in [0.3, 0.4) is 0 Å². The number of aromatic nitrogens is 1. The third-order valence-electron chi connectivity index (χ3n) is 2.05. The van der Waals surface area contributed by atoms with E-state index < -0.39 is 10.2 Å². The van der Waals surface area contributed by atoms with Gasteiger partial charge in [-0.25, -0.2) is 5.14 Å². The van der Waals surface area contributed by atoms with Crippen LogP contribution in [0.2, 0.25) is 0 Å². The Hall–Kier alpha value is -1.02. The lowest BCUT2D eigenvalue weighted by Gasteiger charge is -2.18. The zero-order valence-electron chi connectivity index (χ0n) is 8.91. The van der Waals surface area contributed by atoms with Gasteiger partial charge in [-0.05, 0) is 24.6 Å². The highest BCUT2D eigenvalue weighted by atomic mass is 32.2. The van der Waals surface area contributed by atoms with Gasteiger partial charge in [-0.2, -0.15) is 12.7 Å². The van der Waals surface area contributed by atoms with Gasteiger partial charge in [0.05, 0.1) is 0 Å². The van der Waals surface area contributed by atoms with E-state index in [4.69, 9.17) is 10.9 Å². The molecule has 1 rings (SSSR count). The molecule has 1 aromatic rings. The molecule has 0 radical (unpaired) electrons. The largest absolute Gasteiger partial charge is 0.330 e. The van der Waals surface area contributed by atoms with E-state index in [2.05, 4.69) is 4.98 Å². The number of nitrogens with zero attached hydrogens (tertiary/aromatic N) is 2. The minimum atomic E-state index is -3.69. The Morgan fingerprint density at radius 1 is 1.44 bits per heavy atom. The fraction of sp³-hybridized carbons (Fsp3) is 0.444. The summed E-state index contributed by atoms with van der Waals surface area (Å²) in [5.41, 5.74) is 6.14. The van der Waals surface area contributed by atoms with Crippen molar-refractivity contribution in [3.05, 3.63) is 30.1 Å². The second kappa shape index (κ2) is 5.90. The van der Waals surface area contributed by atoms with Gasteiger partial charge in [0.2, 0.25) is 0 Å². The van der Waals surface area contributed by atoms with E-state index in [0.717, 1.165) is 5.56 Å². The minimum Gasteiger partial charge on any atom is -0.330 e. The summed E-state index contributed by atoms with van der Waals surface area (Å²) in [6, 6.07) is 3.55.